The summed E-state index contributed by atoms with van der Waals surface area (Å²) in [5.41, 5.74) is 0.753. The van der Waals surface area contributed by atoms with Gasteiger partial charge in [-0.3, -0.25) is 4.79 Å². The molecule has 0 unspecified atom stereocenters. The average Bonchev–Trinajstić information content (AvgIpc) is 2.53. The van der Waals surface area contributed by atoms with Crippen molar-refractivity contribution >= 4 is 11.6 Å². The molecule has 1 heterocycles. The standard InChI is InChI=1S/C16H21FN4O/c1-2-6-19-16(22)12-20-7-9-21(10-8-20)15-5-3-4-14(17)13(15)11-18/h3-5H,2,6-10,12H2,1H3,(H,19,22)/p+1. The van der Waals surface area contributed by atoms with Gasteiger partial charge in [-0.15, -0.1) is 0 Å². The second kappa shape index (κ2) is 7.76. The van der Waals surface area contributed by atoms with Crippen LogP contribution in [-0.2, 0) is 4.79 Å². The summed E-state index contributed by atoms with van der Waals surface area (Å²) in [5.74, 6) is -0.400. The maximum Gasteiger partial charge on any atom is 0.275 e. The molecule has 1 saturated heterocycles. The summed E-state index contributed by atoms with van der Waals surface area (Å²) in [6, 6.07) is 6.65. The molecule has 22 heavy (non-hydrogen) atoms. The SMILES string of the molecule is CCCNC(=O)C[NH+]1CCN(c2cccc(F)c2C#N)CC1. The van der Waals surface area contributed by atoms with Crippen LogP contribution in [0, 0.1) is 17.1 Å². The molecule has 1 aliphatic rings. The summed E-state index contributed by atoms with van der Waals surface area (Å²) < 4.78 is 13.7. The van der Waals surface area contributed by atoms with Gasteiger partial charge in [-0.05, 0) is 18.6 Å². The number of benzene rings is 1. The van der Waals surface area contributed by atoms with Crippen molar-refractivity contribution in [3.63, 3.8) is 0 Å². The van der Waals surface area contributed by atoms with Crippen LogP contribution in [0.1, 0.15) is 18.9 Å². The summed E-state index contributed by atoms with van der Waals surface area (Å²) in [6.07, 6.45) is 0.936. The van der Waals surface area contributed by atoms with Gasteiger partial charge in [-0.2, -0.15) is 5.26 Å². The second-order valence-corrected chi connectivity index (χ2v) is 5.51. The summed E-state index contributed by atoms with van der Waals surface area (Å²) in [5, 5.41) is 12.0. The van der Waals surface area contributed by atoms with Crippen LogP contribution in [0.25, 0.3) is 0 Å². The largest absolute Gasteiger partial charge is 0.359 e. The Morgan fingerprint density at radius 2 is 2.18 bits per heavy atom. The summed E-state index contributed by atoms with van der Waals surface area (Å²) in [6.45, 7) is 6.26. The molecule has 2 N–H and O–H groups in total. The molecular formula is C16H22FN4O+. The number of carbonyl (C=O) groups excluding carboxylic acids is 1. The predicted octanol–water partition coefficient (Wildman–Crippen LogP) is -0.0715. The normalized spacial score (nSPS) is 15.4. The zero-order valence-electron chi connectivity index (χ0n) is 12.9. The molecule has 0 aromatic heterocycles. The number of halogens is 1. The minimum atomic E-state index is -0.478. The molecule has 1 fully saturated rings. The number of nitrogens with one attached hydrogen (secondary N) is 2. The zero-order chi connectivity index (χ0) is 15.9. The number of amides is 1. The number of carbonyl (C=O) groups is 1. The van der Waals surface area contributed by atoms with Crippen molar-refractivity contribution in [3.8, 4) is 6.07 Å². The monoisotopic (exact) mass is 305 g/mol. The van der Waals surface area contributed by atoms with Gasteiger partial charge < -0.3 is 15.1 Å². The second-order valence-electron chi connectivity index (χ2n) is 5.51. The molecule has 0 spiro atoms. The Labute approximate surface area is 130 Å². The van der Waals surface area contributed by atoms with Crippen molar-refractivity contribution in [3.05, 3.63) is 29.6 Å². The van der Waals surface area contributed by atoms with E-state index in [0.29, 0.717) is 31.9 Å². The number of quaternary nitrogens is 1. The van der Waals surface area contributed by atoms with E-state index in [1.807, 2.05) is 17.9 Å². The fraction of sp³-hybridized carbons (Fsp3) is 0.500. The van der Waals surface area contributed by atoms with Crippen molar-refractivity contribution in [1.29, 1.82) is 5.26 Å². The highest BCUT2D eigenvalue weighted by Gasteiger charge is 2.24. The third-order valence-electron chi connectivity index (χ3n) is 3.90. The van der Waals surface area contributed by atoms with E-state index in [0.717, 1.165) is 19.5 Å². The van der Waals surface area contributed by atoms with E-state index in [1.165, 1.54) is 11.0 Å². The number of anilines is 1. The highest BCUT2D eigenvalue weighted by Crippen LogP contribution is 2.22. The van der Waals surface area contributed by atoms with Crippen molar-refractivity contribution < 1.29 is 14.1 Å². The first-order valence-electron chi connectivity index (χ1n) is 7.69. The van der Waals surface area contributed by atoms with Crippen molar-refractivity contribution in [2.75, 3.05) is 44.2 Å². The number of nitrogens with zero attached hydrogens (tertiary/aromatic N) is 2. The lowest BCUT2D eigenvalue weighted by Crippen LogP contribution is -3.16. The van der Waals surface area contributed by atoms with Gasteiger partial charge in [0.2, 0.25) is 0 Å². The fourth-order valence-corrected chi connectivity index (χ4v) is 2.68. The first-order valence-corrected chi connectivity index (χ1v) is 7.69. The van der Waals surface area contributed by atoms with Crippen molar-refractivity contribution in [2.24, 2.45) is 0 Å². The lowest BCUT2D eigenvalue weighted by molar-refractivity contribution is -0.892. The highest BCUT2D eigenvalue weighted by atomic mass is 19.1. The third-order valence-corrected chi connectivity index (χ3v) is 3.90. The van der Waals surface area contributed by atoms with E-state index in [-0.39, 0.29) is 11.5 Å². The first-order chi connectivity index (χ1) is 10.7. The molecule has 1 amide bonds. The van der Waals surface area contributed by atoms with Crippen LogP contribution < -0.4 is 15.1 Å². The van der Waals surface area contributed by atoms with Gasteiger partial charge in [-0.25, -0.2) is 4.39 Å². The summed E-state index contributed by atoms with van der Waals surface area (Å²) in [7, 11) is 0. The molecule has 0 radical (unpaired) electrons. The Morgan fingerprint density at radius 3 is 2.82 bits per heavy atom. The van der Waals surface area contributed by atoms with Crippen LogP contribution in [0.4, 0.5) is 10.1 Å². The van der Waals surface area contributed by atoms with Gasteiger partial charge in [0.1, 0.15) is 17.4 Å². The molecule has 0 saturated carbocycles. The number of hydrogen-bond acceptors (Lipinski definition) is 3. The maximum absolute atomic E-state index is 13.7. The minimum absolute atomic E-state index is 0.0776. The summed E-state index contributed by atoms with van der Waals surface area (Å²) in [4.78, 5) is 15.0. The molecule has 2 rings (SSSR count). The van der Waals surface area contributed by atoms with Gasteiger partial charge >= 0.3 is 0 Å². The number of nitriles is 1. The smallest absolute Gasteiger partial charge is 0.275 e. The van der Waals surface area contributed by atoms with E-state index >= 15 is 0 Å². The molecule has 1 aliphatic heterocycles. The van der Waals surface area contributed by atoms with Gasteiger partial charge in [0, 0.05) is 6.54 Å². The molecule has 118 valence electrons. The Kier molecular flexibility index (Phi) is 5.73. The Bertz CT molecular complexity index is 562. The lowest BCUT2D eigenvalue weighted by atomic mass is 10.1. The topological polar surface area (TPSA) is 60.6 Å². The Balaban J connectivity index is 1.92. The van der Waals surface area contributed by atoms with Crippen LogP contribution in [0.5, 0.6) is 0 Å². The molecule has 0 aliphatic carbocycles. The van der Waals surface area contributed by atoms with E-state index in [4.69, 9.17) is 5.26 Å². The molecule has 0 bridgehead atoms. The Morgan fingerprint density at radius 1 is 1.45 bits per heavy atom. The molecular weight excluding hydrogens is 283 g/mol. The average molecular weight is 305 g/mol. The van der Waals surface area contributed by atoms with Gasteiger partial charge in [0.25, 0.3) is 5.91 Å². The van der Waals surface area contributed by atoms with E-state index < -0.39 is 5.82 Å². The minimum Gasteiger partial charge on any atom is -0.359 e. The van der Waals surface area contributed by atoms with Gasteiger partial charge in [-0.1, -0.05) is 13.0 Å². The fourth-order valence-electron chi connectivity index (χ4n) is 2.68. The van der Waals surface area contributed by atoms with Crippen LogP contribution in [-0.4, -0.2) is 45.2 Å². The molecule has 6 heteroatoms. The summed E-state index contributed by atoms with van der Waals surface area (Å²) >= 11 is 0. The molecule has 0 atom stereocenters. The van der Waals surface area contributed by atoms with Crippen LogP contribution in [0.2, 0.25) is 0 Å². The van der Waals surface area contributed by atoms with E-state index in [1.54, 1.807) is 12.1 Å². The molecule has 1 aromatic carbocycles. The van der Waals surface area contributed by atoms with Gasteiger partial charge in [0.15, 0.2) is 6.54 Å². The van der Waals surface area contributed by atoms with E-state index in [2.05, 4.69) is 5.32 Å². The van der Waals surface area contributed by atoms with Crippen LogP contribution in [0.15, 0.2) is 18.2 Å². The number of piperazine rings is 1. The molecule has 1 aromatic rings. The third kappa shape index (κ3) is 3.95. The maximum atomic E-state index is 13.7. The van der Waals surface area contributed by atoms with Crippen molar-refractivity contribution in [1.82, 2.24) is 5.32 Å². The van der Waals surface area contributed by atoms with Gasteiger partial charge in [0.05, 0.1) is 31.9 Å². The number of hydrogen-bond donors (Lipinski definition) is 2. The quantitative estimate of drug-likeness (QED) is 0.800. The van der Waals surface area contributed by atoms with Crippen molar-refractivity contribution in [2.45, 2.75) is 13.3 Å². The lowest BCUT2D eigenvalue weighted by Gasteiger charge is -2.33. The zero-order valence-corrected chi connectivity index (χ0v) is 12.9. The van der Waals surface area contributed by atoms with E-state index in [9.17, 15) is 9.18 Å². The highest BCUT2D eigenvalue weighted by molar-refractivity contribution is 5.76. The van der Waals surface area contributed by atoms with Crippen LogP contribution in [0.3, 0.4) is 0 Å². The molecule has 5 nitrogen and oxygen atoms in total. The first kappa shape index (κ1) is 16.2. The predicted molar refractivity (Wildman–Crippen MR) is 82.2 cm³/mol. The number of rotatable bonds is 5. The Hall–Kier alpha value is -2.13. The van der Waals surface area contributed by atoms with Crippen LogP contribution >= 0.6 is 0 Å².